The highest BCUT2D eigenvalue weighted by atomic mass is 35.5. The van der Waals surface area contributed by atoms with Crippen molar-refractivity contribution < 1.29 is 4.92 Å². The molecule has 0 radical (unpaired) electrons. The maximum absolute atomic E-state index is 12.5. The zero-order valence-corrected chi connectivity index (χ0v) is 15.9. The second-order valence-corrected chi connectivity index (χ2v) is 7.19. The van der Waals surface area contributed by atoms with E-state index in [0.717, 1.165) is 30.2 Å². The molecule has 0 spiro atoms. The van der Waals surface area contributed by atoms with Gasteiger partial charge in [0.15, 0.2) is 0 Å². The minimum Gasteiger partial charge on any atom is -0.381 e. The Morgan fingerprint density at radius 1 is 1.30 bits per heavy atom. The van der Waals surface area contributed by atoms with E-state index in [1.54, 1.807) is 0 Å². The van der Waals surface area contributed by atoms with E-state index >= 15 is 0 Å². The maximum atomic E-state index is 12.5. The highest BCUT2D eigenvalue weighted by Crippen LogP contribution is 2.19. The van der Waals surface area contributed by atoms with Crippen molar-refractivity contribution in [1.82, 2.24) is 14.7 Å². The number of likely N-dealkylation sites (tertiary alicyclic amines) is 1. The average Bonchev–Trinajstić information content (AvgIpc) is 2.67. The summed E-state index contributed by atoms with van der Waals surface area (Å²) in [5.41, 5.74) is 0.386. The van der Waals surface area contributed by atoms with Crippen LogP contribution in [0.2, 0.25) is 5.02 Å². The van der Waals surface area contributed by atoms with Crippen LogP contribution in [0.3, 0.4) is 0 Å². The number of hydrogen-bond acceptors (Lipinski definition) is 6. The van der Waals surface area contributed by atoms with Crippen LogP contribution in [-0.4, -0.2) is 45.8 Å². The molecule has 1 saturated heterocycles. The zero-order chi connectivity index (χ0) is 19.4. The van der Waals surface area contributed by atoms with Gasteiger partial charge in [0.2, 0.25) is 0 Å². The molecule has 9 heteroatoms. The van der Waals surface area contributed by atoms with E-state index in [0.29, 0.717) is 17.9 Å². The molecule has 1 aromatic heterocycles. The van der Waals surface area contributed by atoms with E-state index in [2.05, 4.69) is 22.2 Å². The predicted molar refractivity (Wildman–Crippen MR) is 105 cm³/mol. The summed E-state index contributed by atoms with van der Waals surface area (Å²) in [5, 5.41) is 18.1. The van der Waals surface area contributed by atoms with Crippen molar-refractivity contribution in [1.29, 1.82) is 0 Å². The largest absolute Gasteiger partial charge is 0.381 e. The lowest BCUT2D eigenvalue weighted by Gasteiger charge is -2.30. The number of nitro benzene ring substituents is 1. The molecular formula is C18H22ClN5O3. The van der Waals surface area contributed by atoms with E-state index in [4.69, 9.17) is 11.6 Å². The molecule has 27 heavy (non-hydrogen) atoms. The first-order valence-electron chi connectivity index (χ1n) is 8.94. The van der Waals surface area contributed by atoms with E-state index in [1.807, 2.05) is 0 Å². The number of anilines is 1. The summed E-state index contributed by atoms with van der Waals surface area (Å²) >= 11 is 6.21. The molecule has 2 aromatic rings. The molecule has 144 valence electrons. The highest BCUT2D eigenvalue weighted by molar-refractivity contribution is 6.32. The third kappa shape index (κ3) is 4.64. The van der Waals surface area contributed by atoms with Crippen LogP contribution in [-0.2, 0) is 0 Å². The van der Waals surface area contributed by atoms with E-state index in [9.17, 15) is 14.9 Å². The molecule has 2 heterocycles. The van der Waals surface area contributed by atoms with E-state index in [-0.39, 0.29) is 10.7 Å². The number of nitrogens with one attached hydrogen (secondary N) is 1. The molecule has 0 atom stereocenters. The Morgan fingerprint density at radius 3 is 2.59 bits per heavy atom. The Kier molecular flexibility index (Phi) is 6.08. The van der Waals surface area contributed by atoms with Gasteiger partial charge in [-0.1, -0.05) is 18.5 Å². The van der Waals surface area contributed by atoms with Crippen LogP contribution in [0.15, 0.2) is 35.3 Å². The van der Waals surface area contributed by atoms with Gasteiger partial charge in [0.1, 0.15) is 5.02 Å². The Balaban J connectivity index is 1.66. The Bertz CT molecular complexity index is 860. The molecule has 1 fully saturated rings. The third-order valence-corrected chi connectivity index (χ3v) is 5.21. The summed E-state index contributed by atoms with van der Waals surface area (Å²) in [5.74, 6) is 0.792. The molecule has 1 aliphatic rings. The molecule has 0 amide bonds. The van der Waals surface area contributed by atoms with Gasteiger partial charge in [-0.25, -0.2) is 0 Å². The van der Waals surface area contributed by atoms with Crippen molar-refractivity contribution >= 4 is 23.0 Å². The Morgan fingerprint density at radius 2 is 1.96 bits per heavy atom. The summed E-state index contributed by atoms with van der Waals surface area (Å²) in [6.45, 7) is 6.03. The lowest BCUT2D eigenvalue weighted by Crippen LogP contribution is -2.36. The van der Waals surface area contributed by atoms with Crippen molar-refractivity contribution in [2.45, 2.75) is 19.8 Å². The number of benzene rings is 1. The summed E-state index contributed by atoms with van der Waals surface area (Å²) in [6.07, 6.45) is 3.94. The van der Waals surface area contributed by atoms with Gasteiger partial charge in [-0.3, -0.25) is 14.9 Å². The number of nitro groups is 1. The van der Waals surface area contributed by atoms with Gasteiger partial charge >= 0.3 is 0 Å². The molecule has 1 N–H and O–H groups in total. The number of nitrogens with zero attached hydrogens (tertiary/aromatic N) is 4. The van der Waals surface area contributed by atoms with Crippen molar-refractivity contribution in [2.24, 2.45) is 5.92 Å². The van der Waals surface area contributed by atoms with Gasteiger partial charge in [0.05, 0.1) is 22.5 Å². The average molecular weight is 392 g/mol. The smallest absolute Gasteiger partial charge is 0.292 e. The maximum Gasteiger partial charge on any atom is 0.292 e. The van der Waals surface area contributed by atoms with Gasteiger partial charge in [-0.05, 0) is 44.0 Å². The molecule has 0 aliphatic carbocycles. The number of halogens is 1. The molecule has 0 unspecified atom stereocenters. The van der Waals surface area contributed by atoms with Crippen LogP contribution >= 0.6 is 11.6 Å². The number of rotatable bonds is 6. The topological polar surface area (TPSA) is 93.3 Å². The van der Waals surface area contributed by atoms with Crippen LogP contribution in [0, 0.1) is 16.0 Å². The first kappa shape index (κ1) is 19.3. The lowest BCUT2D eigenvalue weighted by atomic mass is 9.99. The normalized spacial score (nSPS) is 15.6. The summed E-state index contributed by atoms with van der Waals surface area (Å²) in [4.78, 5) is 25.1. The van der Waals surface area contributed by atoms with E-state index in [1.165, 1.54) is 43.3 Å². The monoisotopic (exact) mass is 391 g/mol. The fourth-order valence-electron chi connectivity index (χ4n) is 3.09. The first-order valence-corrected chi connectivity index (χ1v) is 9.32. The number of hydrogen-bond donors (Lipinski definition) is 1. The SMILES string of the molecule is CC1CCN(CCNc2cnn(-c3ccc([N+](=O)[O-])cc3)c(=O)c2Cl)CC1. The molecule has 0 bridgehead atoms. The zero-order valence-electron chi connectivity index (χ0n) is 15.1. The second-order valence-electron chi connectivity index (χ2n) is 6.81. The number of non-ortho nitro benzene ring substituents is 1. The van der Waals surface area contributed by atoms with Crippen LogP contribution in [0.25, 0.3) is 5.69 Å². The van der Waals surface area contributed by atoms with Crippen molar-refractivity contribution in [3.05, 3.63) is 56.0 Å². The fourth-order valence-corrected chi connectivity index (χ4v) is 3.29. The van der Waals surface area contributed by atoms with Crippen LogP contribution in [0.1, 0.15) is 19.8 Å². The molecule has 1 aromatic carbocycles. The third-order valence-electron chi connectivity index (χ3n) is 4.84. The highest BCUT2D eigenvalue weighted by Gasteiger charge is 2.16. The molecule has 8 nitrogen and oxygen atoms in total. The predicted octanol–water partition coefficient (Wildman–Crippen LogP) is 2.94. The summed E-state index contributed by atoms with van der Waals surface area (Å²) < 4.78 is 1.13. The van der Waals surface area contributed by atoms with Gasteiger partial charge in [-0.2, -0.15) is 9.78 Å². The second kappa shape index (κ2) is 8.49. The molecule has 0 saturated carbocycles. The standard InChI is InChI=1S/C18H22ClN5O3/c1-13-6-9-22(10-7-13)11-8-20-16-12-21-23(18(25)17(16)19)14-2-4-15(5-3-14)24(26)27/h2-5,12-13,20H,6-11H2,1H3. The van der Waals surface area contributed by atoms with E-state index < -0.39 is 10.5 Å². The van der Waals surface area contributed by atoms with Crippen LogP contribution < -0.4 is 10.9 Å². The van der Waals surface area contributed by atoms with Crippen molar-refractivity contribution in [2.75, 3.05) is 31.5 Å². The van der Waals surface area contributed by atoms with Gasteiger partial charge in [0.25, 0.3) is 11.2 Å². The summed E-state index contributed by atoms with van der Waals surface area (Å²) in [7, 11) is 0. The minimum absolute atomic E-state index is 0.0515. The number of piperidine rings is 1. The lowest BCUT2D eigenvalue weighted by molar-refractivity contribution is -0.384. The van der Waals surface area contributed by atoms with Crippen LogP contribution in [0.4, 0.5) is 11.4 Å². The van der Waals surface area contributed by atoms with Crippen molar-refractivity contribution in [3.8, 4) is 5.69 Å². The Hall–Kier alpha value is -2.45. The van der Waals surface area contributed by atoms with Crippen LogP contribution in [0.5, 0.6) is 0 Å². The quantitative estimate of drug-likeness (QED) is 0.601. The fraction of sp³-hybridized carbons (Fsp3) is 0.444. The van der Waals surface area contributed by atoms with Gasteiger partial charge in [-0.15, -0.1) is 0 Å². The van der Waals surface area contributed by atoms with Crippen molar-refractivity contribution in [3.63, 3.8) is 0 Å². The van der Waals surface area contributed by atoms with Gasteiger partial charge < -0.3 is 10.2 Å². The molecular weight excluding hydrogens is 370 g/mol. The molecule has 1 aliphatic heterocycles. The van der Waals surface area contributed by atoms with Gasteiger partial charge in [0, 0.05) is 25.2 Å². The summed E-state index contributed by atoms with van der Waals surface area (Å²) in [6, 6.07) is 5.58. The number of aromatic nitrogens is 2. The Labute approximate surface area is 161 Å². The minimum atomic E-state index is -0.497. The molecule has 3 rings (SSSR count). The first-order chi connectivity index (χ1) is 13.0.